The minimum Gasteiger partial charge on any atom is -0.354 e. The molecule has 2 aliphatic rings. The molecule has 172 valence electrons. The maximum Gasteiger partial charge on any atom is 0.254 e. The molecule has 2 N–H and O–H groups in total. The topological polar surface area (TPSA) is 77.8 Å². The van der Waals surface area contributed by atoms with E-state index in [-0.39, 0.29) is 5.91 Å². The van der Waals surface area contributed by atoms with Crippen LogP contribution in [0.2, 0.25) is 5.02 Å². The van der Waals surface area contributed by atoms with Crippen molar-refractivity contribution in [2.45, 2.75) is 6.54 Å². The summed E-state index contributed by atoms with van der Waals surface area (Å²) in [7, 11) is 2.14. The van der Waals surface area contributed by atoms with Crippen LogP contribution >= 0.6 is 11.6 Å². The Balaban J connectivity index is 1.35. The van der Waals surface area contributed by atoms with Gasteiger partial charge >= 0.3 is 0 Å². The lowest BCUT2D eigenvalue weighted by Crippen LogP contribution is -2.44. The molecule has 9 heteroatoms. The quantitative estimate of drug-likeness (QED) is 0.469. The van der Waals surface area contributed by atoms with Gasteiger partial charge in [0.05, 0.1) is 23.1 Å². The van der Waals surface area contributed by atoms with Crippen molar-refractivity contribution >= 4 is 40.5 Å². The molecule has 1 saturated heterocycles. The highest BCUT2D eigenvalue weighted by Crippen LogP contribution is 2.35. The highest BCUT2D eigenvalue weighted by molar-refractivity contribution is 6.30. The molecule has 8 nitrogen and oxygen atoms in total. The van der Waals surface area contributed by atoms with E-state index in [0.29, 0.717) is 17.1 Å². The molecule has 0 radical (unpaired) electrons. The fourth-order valence-electron chi connectivity index (χ4n) is 4.69. The van der Waals surface area contributed by atoms with E-state index in [9.17, 15) is 4.79 Å². The fraction of sp³-hybridized carbons (Fsp3) is 0.240. The molecule has 34 heavy (non-hydrogen) atoms. The van der Waals surface area contributed by atoms with Crippen molar-refractivity contribution in [1.29, 1.82) is 0 Å². The predicted octanol–water partition coefficient (Wildman–Crippen LogP) is 3.79. The molecule has 1 amide bonds. The number of carbonyl (C=O) groups excluding carboxylic acids is 1. The van der Waals surface area contributed by atoms with Crippen LogP contribution in [0.1, 0.15) is 15.9 Å². The standard InChI is InChI=1S/C25H24ClN7O/c1-31-9-11-32(12-10-31)22-4-2-3-21(30-22)29-19-6-5-17(18-14-28-25(34)24(18)19)20-15-27-23-13-16(26)7-8-33(20)23/h2-8,13,15H,9-12,14H2,1H3,(H,28,34)(H,29,30). The van der Waals surface area contributed by atoms with Gasteiger partial charge in [0.25, 0.3) is 5.91 Å². The van der Waals surface area contributed by atoms with Crippen molar-refractivity contribution in [3.8, 4) is 11.3 Å². The molecule has 5 heterocycles. The van der Waals surface area contributed by atoms with Gasteiger partial charge in [0.15, 0.2) is 0 Å². The second-order valence-corrected chi connectivity index (χ2v) is 9.15. The van der Waals surface area contributed by atoms with Crippen molar-refractivity contribution in [3.05, 3.63) is 71.0 Å². The van der Waals surface area contributed by atoms with Gasteiger partial charge in [-0.2, -0.15) is 0 Å². The number of benzene rings is 1. The lowest BCUT2D eigenvalue weighted by Gasteiger charge is -2.33. The van der Waals surface area contributed by atoms with Gasteiger partial charge in [-0.25, -0.2) is 9.97 Å². The number of nitrogens with one attached hydrogen (secondary N) is 2. The molecule has 0 unspecified atom stereocenters. The largest absolute Gasteiger partial charge is 0.354 e. The smallest absolute Gasteiger partial charge is 0.254 e. The normalized spacial score (nSPS) is 16.1. The number of rotatable bonds is 4. The molecule has 2 aliphatic heterocycles. The summed E-state index contributed by atoms with van der Waals surface area (Å²) in [4.78, 5) is 26.8. The number of pyridine rings is 2. The minimum absolute atomic E-state index is 0.0913. The van der Waals surface area contributed by atoms with Crippen LogP contribution in [0.15, 0.2) is 54.9 Å². The Hall–Kier alpha value is -3.62. The monoisotopic (exact) mass is 473 g/mol. The number of imidazole rings is 1. The average Bonchev–Trinajstić information content (AvgIpc) is 3.44. The summed E-state index contributed by atoms with van der Waals surface area (Å²) in [5, 5.41) is 7.00. The first-order valence-electron chi connectivity index (χ1n) is 11.3. The number of carbonyl (C=O) groups is 1. The molecule has 0 saturated carbocycles. The summed E-state index contributed by atoms with van der Waals surface area (Å²) in [5.74, 6) is 1.57. The van der Waals surface area contributed by atoms with Crippen LogP contribution in [0, 0.1) is 0 Å². The number of hydrogen-bond donors (Lipinski definition) is 2. The zero-order valence-corrected chi connectivity index (χ0v) is 19.5. The zero-order valence-electron chi connectivity index (χ0n) is 18.8. The Morgan fingerprint density at radius 2 is 1.94 bits per heavy atom. The third-order valence-electron chi connectivity index (χ3n) is 6.54. The SMILES string of the molecule is CN1CCN(c2cccc(Nc3ccc(-c4cnc5cc(Cl)ccn45)c4c3C(=O)NC4)n2)CC1. The van der Waals surface area contributed by atoms with Crippen LogP contribution in [0.25, 0.3) is 16.9 Å². The first-order valence-corrected chi connectivity index (χ1v) is 11.7. The molecule has 0 atom stereocenters. The maximum atomic E-state index is 12.8. The Morgan fingerprint density at radius 1 is 1.09 bits per heavy atom. The number of halogens is 1. The van der Waals surface area contributed by atoms with Crippen LogP contribution in [0.5, 0.6) is 0 Å². The van der Waals surface area contributed by atoms with E-state index in [1.165, 1.54) is 0 Å². The molecule has 0 bridgehead atoms. The number of amides is 1. The van der Waals surface area contributed by atoms with Crippen molar-refractivity contribution in [2.24, 2.45) is 0 Å². The van der Waals surface area contributed by atoms with Gasteiger partial charge in [-0.1, -0.05) is 23.7 Å². The summed E-state index contributed by atoms with van der Waals surface area (Å²) >= 11 is 6.12. The summed E-state index contributed by atoms with van der Waals surface area (Å²) in [6.07, 6.45) is 3.72. The Morgan fingerprint density at radius 3 is 2.79 bits per heavy atom. The third-order valence-corrected chi connectivity index (χ3v) is 6.78. The molecule has 1 aromatic carbocycles. The predicted molar refractivity (Wildman–Crippen MR) is 134 cm³/mol. The first kappa shape index (κ1) is 20.9. The Labute approximate surface area is 202 Å². The Kier molecular flexibility index (Phi) is 5.12. The highest BCUT2D eigenvalue weighted by Gasteiger charge is 2.27. The molecule has 4 aromatic rings. The van der Waals surface area contributed by atoms with E-state index in [4.69, 9.17) is 16.6 Å². The minimum atomic E-state index is -0.0913. The van der Waals surface area contributed by atoms with Crippen LogP contribution in [0.4, 0.5) is 17.3 Å². The van der Waals surface area contributed by atoms with Crippen molar-refractivity contribution in [3.63, 3.8) is 0 Å². The van der Waals surface area contributed by atoms with Crippen LogP contribution in [0.3, 0.4) is 0 Å². The molecule has 0 spiro atoms. The number of aromatic nitrogens is 3. The highest BCUT2D eigenvalue weighted by atomic mass is 35.5. The van der Waals surface area contributed by atoms with Gasteiger partial charge in [-0.3, -0.25) is 9.20 Å². The van der Waals surface area contributed by atoms with Crippen molar-refractivity contribution < 1.29 is 4.79 Å². The summed E-state index contributed by atoms with van der Waals surface area (Å²) < 4.78 is 1.98. The van der Waals surface area contributed by atoms with E-state index in [1.54, 1.807) is 0 Å². The van der Waals surface area contributed by atoms with Crippen LogP contribution in [-0.4, -0.2) is 58.4 Å². The second-order valence-electron chi connectivity index (χ2n) is 8.71. The van der Waals surface area contributed by atoms with E-state index in [0.717, 1.165) is 66.0 Å². The number of fused-ring (bicyclic) bond motifs is 2. The van der Waals surface area contributed by atoms with Crippen LogP contribution in [-0.2, 0) is 6.54 Å². The number of anilines is 3. The number of nitrogens with zero attached hydrogens (tertiary/aromatic N) is 5. The van der Waals surface area contributed by atoms with Gasteiger partial charge < -0.3 is 20.4 Å². The lowest BCUT2D eigenvalue weighted by molar-refractivity contribution is 0.0966. The molecule has 6 rings (SSSR count). The van der Waals surface area contributed by atoms with Crippen LogP contribution < -0.4 is 15.5 Å². The maximum absolute atomic E-state index is 12.8. The number of piperazine rings is 1. The van der Waals surface area contributed by atoms with E-state index >= 15 is 0 Å². The summed E-state index contributed by atoms with van der Waals surface area (Å²) in [5.41, 5.74) is 4.98. The fourth-order valence-corrected chi connectivity index (χ4v) is 4.84. The molecular weight excluding hydrogens is 450 g/mol. The molecular formula is C25H24ClN7O. The van der Waals surface area contributed by atoms with Crippen molar-refractivity contribution in [2.75, 3.05) is 43.4 Å². The first-order chi connectivity index (χ1) is 16.6. The molecule has 0 aliphatic carbocycles. The lowest BCUT2D eigenvalue weighted by atomic mass is 9.99. The second kappa shape index (κ2) is 8.30. The summed E-state index contributed by atoms with van der Waals surface area (Å²) in [6.45, 7) is 4.40. The average molecular weight is 474 g/mol. The number of hydrogen-bond acceptors (Lipinski definition) is 6. The third kappa shape index (κ3) is 3.65. The molecule has 3 aromatic heterocycles. The zero-order chi connectivity index (χ0) is 23.2. The van der Waals surface area contributed by atoms with E-state index < -0.39 is 0 Å². The van der Waals surface area contributed by atoms with Gasteiger partial charge in [-0.15, -0.1) is 0 Å². The van der Waals surface area contributed by atoms with E-state index in [2.05, 4.69) is 32.5 Å². The van der Waals surface area contributed by atoms with Gasteiger partial charge in [-0.05, 0) is 36.9 Å². The van der Waals surface area contributed by atoms with Crippen molar-refractivity contribution in [1.82, 2.24) is 24.6 Å². The molecule has 1 fully saturated rings. The van der Waals surface area contributed by atoms with Gasteiger partial charge in [0.2, 0.25) is 0 Å². The number of likely N-dealkylation sites (N-methyl/N-ethyl adjacent to an activating group) is 1. The van der Waals surface area contributed by atoms with Gasteiger partial charge in [0.1, 0.15) is 17.3 Å². The summed E-state index contributed by atoms with van der Waals surface area (Å²) in [6, 6.07) is 13.6. The Bertz CT molecular complexity index is 1410. The van der Waals surface area contributed by atoms with Gasteiger partial charge in [0, 0.05) is 55.6 Å². The van der Waals surface area contributed by atoms with E-state index in [1.807, 2.05) is 59.3 Å².